The first-order chi connectivity index (χ1) is 9.97. The second-order valence-electron chi connectivity index (χ2n) is 4.78. The van der Waals surface area contributed by atoms with Gasteiger partial charge >= 0.3 is 0 Å². The average Bonchev–Trinajstić information content (AvgIpc) is 2.64. The lowest BCUT2D eigenvalue weighted by Crippen LogP contribution is -2.29. The third kappa shape index (κ3) is 2.10. The molecule has 0 spiro atoms. The van der Waals surface area contributed by atoms with E-state index < -0.39 is 17.6 Å². The molecule has 0 aliphatic carbocycles. The number of rotatable bonds is 2. The molecule has 3 N–H and O–H groups in total. The van der Waals surface area contributed by atoms with Crippen LogP contribution in [0.1, 0.15) is 26.3 Å². The summed E-state index contributed by atoms with van der Waals surface area (Å²) in [6.45, 7) is -0.128. The number of aromatic hydroxyl groups is 1. The summed E-state index contributed by atoms with van der Waals surface area (Å²) in [5, 5.41) is 9.37. The second kappa shape index (κ2) is 4.59. The fourth-order valence-corrected chi connectivity index (χ4v) is 2.41. The van der Waals surface area contributed by atoms with Crippen molar-refractivity contribution in [2.24, 2.45) is 0 Å². The summed E-state index contributed by atoms with van der Waals surface area (Å²) in [7, 11) is 0. The van der Waals surface area contributed by atoms with E-state index in [-0.39, 0.29) is 29.1 Å². The number of phenols is 1. The Morgan fingerprint density at radius 2 is 1.90 bits per heavy atom. The van der Waals surface area contributed by atoms with E-state index in [1.807, 2.05) is 0 Å². The van der Waals surface area contributed by atoms with Crippen LogP contribution in [0.25, 0.3) is 0 Å². The van der Waals surface area contributed by atoms with E-state index in [0.717, 1.165) is 17.0 Å². The largest absolute Gasteiger partial charge is 0.508 e. The van der Waals surface area contributed by atoms with Crippen molar-refractivity contribution in [3.63, 3.8) is 0 Å². The predicted octanol–water partition coefficient (Wildman–Crippen LogP) is 1.91. The number of hydrogen-bond donors (Lipinski definition) is 2. The lowest BCUT2D eigenvalue weighted by molar-refractivity contribution is 0.0642. The van der Waals surface area contributed by atoms with Crippen molar-refractivity contribution in [2.45, 2.75) is 6.54 Å². The van der Waals surface area contributed by atoms with Crippen LogP contribution in [-0.4, -0.2) is 21.8 Å². The number of nitrogen functional groups attached to an aromatic ring is 1. The van der Waals surface area contributed by atoms with Gasteiger partial charge in [-0.15, -0.1) is 0 Å². The fourth-order valence-electron chi connectivity index (χ4n) is 2.41. The van der Waals surface area contributed by atoms with Crippen molar-refractivity contribution < 1.29 is 19.1 Å². The topological polar surface area (TPSA) is 83.6 Å². The van der Waals surface area contributed by atoms with Crippen molar-refractivity contribution in [2.75, 3.05) is 5.73 Å². The van der Waals surface area contributed by atoms with Gasteiger partial charge in [0.25, 0.3) is 11.8 Å². The van der Waals surface area contributed by atoms with Crippen LogP contribution < -0.4 is 5.73 Å². The smallest absolute Gasteiger partial charge is 0.263 e. The molecule has 106 valence electrons. The molecule has 1 aliphatic heterocycles. The Labute approximate surface area is 119 Å². The van der Waals surface area contributed by atoms with E-state index in [0.29, 0.717) is 5.56 Å². The van der Waals surface area contributed by atoms with Gasteiger partial charge in [-0.05, 0) is 29.8 Å². The number of anilines is 1. The maximum Gasteiger partial charge on any atom is 0.263 e. The van der Waals surface area contributed by atoms with Gasteiger partial charge in [0.05, 0.1) is 17.7 Å². The first kappa shape index (κ1) is 13.1. The number of nitrogens with two attached hydrogens (primary N) is 1. The fraction of sp³-hybridized carbons (Fsp3) is 0.0667. The number of hydrogen-bond acceptors (Lipinski definition) is 4. The molecule has 0 saturated heterocycles. The minimum atomic E-state index is -0.638. The second-order valence-corrected chi connectivity index (χ2v) is 4.78. The molecule has 0 fully saturated rings. The van der Waals surface area contributed by atoms with Crippen molar-refractivity contribution >= 4 is 17.5 Å². The minimum Gasteiger partial charge on any atom is -0.508 e. The molecular weight excluding hydrogens is 275 g/mol. The summed E-state index contributed by atoms with van der Waals surface area (Å²) in [4.78, 5) is 25.5. The van der Waals surface area contributed by atoms with Crippen LogP contribution in [-0.2, 0) is 6.54 Å². The van der Waals surface area contributed by atoms with Gasteiger partial charge in [0, 0.05) is 11.8 Å². The Morgan fingerprint density at radius 3 is 2.57 bits per heavy atom. The lowest BCUT2D eigenvalue weighted by Gasteiger charge is -2.14. The molecule has 0 aromatic heterocycles. The molecule has 0 saturated carbocycles. The van der Waals surface area contributed by atoms with Gasteiger partial charge in [-0.25, -0.2) is 4.39 Å². The summed E-state index contributed by atoms with van der Waals surface area (Å²) in [5.41, 5.74) is 6.69. The van der Waals surface area contributed by atoms with Crippen LogP contribution in [0.3, 0.4) is 0 Å². The number of carbonyl (C=O) groups is 2. The average molecular weight is 286 g/mol. The van der Waals surface area contributed by atoms with Crippen LogP contribution in [0, 0.1) is 5.82 Å². The third-order valence-corrected chi connectivity index (χ3v) is 3.31. The Kier molecular flexibility index (Phi) is 2.86. The molecule has 2 aromatic carbocycles. The molecule has 6 heteroatoms. The number of halogens is 1. The standard InChI is InChI=1S/C15H11FN2O3/c16-9-4-8(5-10(19)6-9)7-18-14(20)11-2-1-3-12(17)13(11)15(18)21/h1-6,19H,7,17H2. The number of fused-ring (bicyclic) bond motifs is 1. The number of carbonyl (C=O) groups excluding carboxylic acids is 2. The van der Waals surface area contributed by atoms with E-state index in [4.69, 9.17) is 5.73 Å². The SMILES string of the molecule is Nc1cccc2c1C(=O)N(Cc1cc(O)cc(F)c1)C2=O. The number of imide groups is 1. The summed E-state index contributed by atoms with van der Waals surface area (Å²) in [6.07, 6.45) is 0. The first-order valence-electron chi connectivity index (χ1n) is 6.20. The molecule has 0 bridgehead atoms. The van der Waals surface area contributed by atoms with Gasteiger partial charge in [-0.2, -0.15) is 0 Å². The van der Waals surface area contributed by atoms with Gasteiger partial charge in [0.1, 0.15) is 11.6 Å². The monoisotopic (exact) mass is 286 g/mol. The van der Waals surface area contributed by atoms with Crippen LogP contribution in [0.2, 0.25) is 0 Å². The highest BCUT2D eigenvalue weighted by Gasteiger charge is 2.36. The highest BCUT2D eigenvalue weighted by molar-refractivity contribution is 6.23. The number of benzene rings is 2. The van der Waals surface area contributed by atoms with E-state index in [9.17, 15) is 19.1 Å². The maximum atomic E-state index is 13.3. The van der Waals surface area contributed by atoms with Gasteiger partial charge < -0.3 is 10.8 Å². The van der Waals surface area contributed by atoms with E-state index in [2.05, 4.69) is 0 Å². The van der Waals surface area contributed by atoms with Gasteiger partial charge in [-0.1, -0.05) is 6.07 Å². The highest BCUT2D eigenvalue weighted by atomic mass is 19.1. The highest BCUT2D eigenvalue weighted by Crippen LogP contribution is 2.29. The molecule has 1 heterocycles. The van der Waals surface area contributed by atoms with Gasteiger partial charge in [-0.3, -0.25) is 14.5 Å². The molecule has 0 atom stereocenters. The van der Waals surface area contributed by atoms with Crippen molar-refractivity contribution in [3.05, 3.63) is 58.9 Å². The Bertz CT molecular complexity index is 753. The number of amides is 2. The molecule has 0 unspecified atom stereocenters. The van der Waals surface area contributed by atoms with Gasteiger partial charge in [0.2, 0.25) is 0 Å². The zero-order chi connectivity index (χ0) is 15.1. The van der Waals surface area contributed by atoms with E-state index in [1.54, 1.807) is 12.1 Å². The normalized spacial score (nSPS) is 13.7. The maximum absolute atomic E-state index is 13.3. The zero-order valence-corrected chi connectivity index (χ0v) is 10.8. The molecule has 1 aliphatic rings. The summed E-state index contributed by atoms with van der Waals surface area (Å²) in [6, 6.07) is 8.07. The molecule has 2 amide bonds. The molecular formula is C15H11FN2O3. The summed E-state index contributed by atoms with van der Waals surface area (Å²) in [5.74, 6) is -1.90. The molecule has 0 radical (unpaired) electrons. The Balaban J connectivity index is 1.97. The van der Waals surface area contributed by atoms with E-state index in [1.165, 1.54) is 12.1 Å². The van der Waals surface area contributed by atoms with Crippen LogP contribution in [0.4, 0.5) is 10.1 Å². The zero-order valence-electron chi connectivity index (χ0n) is 10.8. The van der Waals surface area contributed by atoms with Gasteiger partial charge in [0.15, 0.2) is 0 Å². The van der Waals surface area contributed by atoms with Crippen molar-refractivity contribution in [1.29, 1.82) is 0 Å². The first-order valence-corrected chi connectivity index (χ1v) is 6.20. The minimum absolute atomic E-state index is 0.128. The number of phenolic OH excluding ortho intramolecular Hbond substituents is 1. The quantitative estimate of drug-likeness (QED) is 0.652. The molecule has 3 rings (SSSR count). The third-order valence-electron chi connectivity index (χ3n) is 3.31. The molecule has 2 aromatic rings. The number of nitrogens with zero attached hydrogens (tertiary/aromatic N) is 1. The predicted molar refractivity (Wildman–Crippen MR) is 73.1 cm³/mol. The lowest BCUT2D eigenvalue weighted by atomic mass is 10.1. The van der Waals surface area contributed by atoms with Crippen molar-refractivity contribution in [1.82, 2.24) is 4.90 Å². The van der Waals surface area contributed by atoms with E-state index >= 15 is 0 Å². The molecule has 5 nitrogen and oxygen atoms in total. The summed E-state index contributed by atoms with van der Waals surface area (Å²) < 4.78 is 13.3. The van der Waals surface area contributed by atoms with Crippen LogP contribution in [0.15, 0.2) is 36.4 Å². The molecule has 21 heavy (non-hydrogen) atoms. The van der Waals surface area contributed by atoms with Crippen LogP contribution >= 0.6 is 0 Å². The Morgan fingerprint density at radius 1 is 1.14 bits per heavy atom. The van der Waals surface area contributed by atoms with Crippen molar-refractivity contribution in [3.8, 4) is 5.75 Å². The summed E-state index contributed by atoms with van der Waals surface area (Å²) >= 11 is 0. The Hall–Kier alpha value is -2.89. The van der Waals surface area contributed by atoms with Crippen LogP contribution in [0.5, 0.6) is 5.75 Å².